The molecule has 126 valence electrons. The zero-order valence-electron chi connectivity index (χ0n) is 13.8. The molecular formula is C19H22N2O3. The van der Waals surface area contributed by atoms with Gasteiger partial charge in [-0.15, -0.1) is 0 Å². The minimum atomic E-state index is -0.873. The first-order valence-electron chi connectivity index (χ1n) is 8.28. The minimum Gasteiger partial charge on any atom is -0.478 e. The molecule has 3 rings (SSSR count). The van der Waals surface area contributed by atoms with Crippen molar-refractivity contribution in [3.8, 4) is 0 Å². The van der Waals surface area contributed by atoms with Gasteiger partial charge < -0.3 is 14.6 Å². The standard InChI is InChI=1S/C19H22N2O3/c1-20-10-4-7-17(20)18(22)21-11-8-14(9-12-21)13-15-5-2-3-6-16(15)19(23)24/h2-7,10,14H,8-9,11-13H2,1H3,(H,23,24). The molecule has 0 bridgehead atoms. The molecule has 1 amide bonds. The number of amides is 1. The number of piperidine rings is 1. The van der Waals surface area contributed by atoms with Gasteiger partial charge in [-0.25, -0.2) is 4.79 Å². The molecule has 0 spiro atoms. The van der Waals surface area contributed by atoms with Gasteiger partial charge in [-0.3, -0.25) is 4.79 Å². The number of hydrogen-bond donors (Lipinski definition) is 1. The maximum Gasteiger partial charge on any atom is 0.335 e. The van der Waals surface area contributed by atoms with Gasteiger partial charge in [0.05, 0.1) is 5.56 Å². The maximum absolute atomic E-state index is 12.5. The molecule has 24 heavy (non-hydrogen) atoms. The second-order valence-electron chi connectivity index (χ2n) is 6.41. The first-order chi connectivity index (χ1) is 11.6. The molecule has 1 aliphatic rings. The van der Waals surface area contributed by atoms with E-state index in [4.69, 9.17) is 0 Å². The van der Waals surface area contributed by atoms with Crippen LogP contribution in [-0.2, 0) is 13.5 Å². The van der Waals surface area contributed by atoms with Gasteiger partial charge in [0.15, 0.2) is 0 Å². The maximum atomic E-state index is 12.5. The van der Waals surface area contributed by atoms with E-state index in [1.807, 2.05) is 47.0 Å². The molecule has 0 atom stereocenters. The number of carboxylic acid groups (broad SMARTS) is 1. The molecule has 0 saturated carbocycles. The van der Waals surface area contributed by atoms with Crippen LogP contribution >= 0.6 is 0 Å². The van der Waals surface area contributed by atoms with E-state index in [0.717, 1.165) is 37.9 Å². The smallest absolute Gasteiger partial charge is 0.335 e. The fourth-order valence-electron chi connectivity index (χ4n) is 3.40. The number of aromatic carboxylic acids is 1. The number of nitrogens with zero attached hydrogens (tertiary/aromatic N) is 2. The quantitative estimate of drug-likeness (QED) is 0.940. The highest BCUT2D eigenvalue weighted by atomic mass is 16.4. The fraction of sp³-hybridized carbons (Fsp3) is 0.368. The van der Waals surface area contributed by atoms with Crippen molar-refractivity contribution >= 4 is 11.9 Å². The summed E-state index contributed by atoms with van der Waals surface area (Å²) in [4.78, 5) is 25.7. The molecular weight excluding hydrogens is 304 g/mol. The molecule has 2 aromatic rings. The third kappa shape index (κ3) is 3.35. The summed E-state index contributed by atoms with van der Waals surface area (Å²) in [5, 5.41) is 9.29. The summed E-state index contributed by atoms with van der Waals surface area (Å²) in [5.41, 5.74) is 1.99. The number of aryl methyl sites for hydroxylation is 1. The molecule has 5 heteroatoms. The molecule has 0 radical (unpaired) electrons. The first-order valence-corrected chi connectivity index (χ1v) is 8.28. The lowest BCUT2D eigenvalue weighted by molar-refractivity contribution is 0.0681. The lowest BCUT2D eigenvalue weighted by Crippen LogP contribution is -2.39. The average molecular weight is 326 g/mol. The van der Waals surface area contributed by atoms with Gasteiger partial charge >= 0.3 is 5.97 Å². The molecule has 1 aliphatic heterocycles. The number of carbonyl (C=O) groups excluding carboxylic acids is 1. The second kappa shape index (κ2) is 6.91. The zero-order valence-corrected chi connectivity index (χ0v) is 13.8. The molecule has 1 saturated heterocycles. The molecule has 2 heterocycles. The summed E-state index contributed by atoms with van der Waals surface area (Å²) in [5.74, 6) is -0.378. The van der Waals surface area contributed by atoms with E-state index in [1.54, 1.807) is 12.1 Å². The highest BCUT2D eigenvalue weighted by Gasteiger charge is 2.25. The number of benzene rings is 1. The van der Waals surface area contributed by atoms with Crippen LogP contribution in [0.1, 0.15) is 39.3 Å². The number of rotatable bonds is 4. The van der Waals surface area contributed by atoms with Crippen molar-refractivity contribution in [1.82, 2.24) is 9.47 Å². The third-order valence-electron chi connectivity index (χ3n) is 4.82. The van der Waals surface area contributed by atoms with Gasteiger partial charge in [-0.1, -0.05) is 18.2 Å². The number of carbonyl (C=O) groups is 2. The van der Waals surface area contributed by atoms with Crippen molar-refractivity contribution in [3.63, 3.8) is 0 Å². The molecule has 1 aromatic heterocycles. The van der Waals surface area contributed by atoms with Crippen LogP contribution in [0.4, 0.5) is 0 Å². The van der Waals surface area contributed by atoms with Crippen molar-refractivity contribution in [2.45, 2.75) is 19.3 Å². The second-order valence-corrected chi connectivity index (χ2v) is 6.41. The lowest BCUT2D eigenvalue weighted by Gasteiger charge is -2.32. The predicted molar refractivity (Wildman–Crippen MR) is 91.1 cm³/mol. The monoisotopic (exact) mass is 326 g/mol. The number of aromatic nitrogens is 1. The van der Waals surface area contributed by atoms with Crippen LogP contribution in [0, 0.1) is 5.92 Å². The van der Waals surface area contributed by atoms with Crippen molar-refractivity contribution in [2.75, 3.05) is 13.1 Å². The Morgan fingerprint density at radius 1 is 1.12 bits per heavy atom. The Kier molecular flexibility index (Phi) is 4.69. The van der Waals surface area contributed by atoms with Crippen LogP contribution in [0.3, 0.4) is 0 Å². The molecule has 1 aromatic carbocycles. The molecule has 0 aliphatic carbocycles. The topological polar surface area (TPSA) is 62.5 Å². The normalized spacial score (nSPS) is 15.5. The number of hydrogen-bond acceptors (Lipinski definition) is 2. The Hall–Kier alpha value is -2.56. The first kappa shape index (κ1) is 16.3. The van der Waals surface area contributed by atoms with E-state index in [-0.39, 0.29) is 5.91 Å². The van der Waals surface area contributed by atoms with E-state index in [9.17, 15) is 14.7 Å². The van der Waals surface area contributed by atoms with Gasteiger partial charge in [0.2, 0.25) is 0 Å². The van der Waals surface area contributed by atoms with Crippen molar-refractivity contribution in [2.24, 2.45) is 13.0 Å². The van der Waals surface area contributed by atoms with Crippen molar-refractivity contribution in [1.29, 1.82) is 0 Å². The van der Waals surface area contributed by atoms with E-state index >= 15 is 0 Å². The van der Waals surface area contributed by atoms with Gasteiger partial charge in [0.25, 0.3) is 5.91 Å². The number of likely N-dealkylation sites (tertiary alicyclic amines) is 1. The highest BCUT2D eigenvalue weighted by molar-refractivity contribution is 5.92. The van der Waals surface area contributed by atoms with Crippen molar-refractivity contribution in [3.05, 3.63) is 59.4 Å². The zero-order chi connectivity index (χ0) is 17.1. The van der Waals surface area contributed by atoms with Gasteiger partial charge in [-0.2, -0.15) is 0 Å². The van der Waals surface area contributed by atoms with E-state index in [0.29, 0.717) is 17.2 Å². The highest BCUT2D eigenvalue weighted by Crippen LogP contribution is 2.24. The summed E-state index contributed by atoms with van der Waals surface area (Å²) >= 11 is 0. The summed E-state index contributed by atoms with van der Waals surface area (Å²) in [6.45, 7) is 1.45. The Morgan fingerprint density at radius 3 is 2.46 bits per heavy atom. The van der Waals surface area contributed by atoms with Gasteiger partial charge in [0.1, 0.15) is 5.69 Å². The summed E-state index contributed by atoms with van der Waals surface area (Å²) in [6, 6.07) is 10.9. The Labute approximate surface area is 141 Å². The summed E-state index contributed by atoms with van der Waals surface area (Å²) in [6.07, 6.45) is 4.45. The average Bonchev–Trinajstić information content (AvgIpc) is 3.01. The lowest BCUT2D eigenvalue weighted by atomic mass is 9.88. The largest absolute Gasteiger partial charge is 0.478 e. The van der Waals surface area contributed by atoms with Crippen LogP contribution < -0.4 is 0 Å². The van der Waals surface area contributed by atoms with E-state index in [2.05, 4.69) is 0 Å². The SMILES string of the molecule is Cn1cccc1C(=O)N1CCC(Cc2ccccc2C(=O)O)CC1. The van der Waals surface area contributed by atoms with E-state index in [1.165, 1.54) is 0 Å². The molecule has 1 N–H and O–H groups in total. The van der Waals surface area contributed by atoms with Crippen LogP contribution in [0.25, 0.3) is 0 Å². The van der Waals surface area contributed by atoms with Crippen LogP contribution in [-0.4, -0.2) is 39.5 Å². The van der Waals surface area contributed by atoms with Crippen LogP contribution in [0.2, 0.25) is 0 Å². The minimum absolute atomic E-state index is 0.0758. The number of carboxylic acids is 1. The van der Waals surface area contributed by atoms with Crippen molar-refractivity contribution < 1.29 is 14.7 Å². The van der Waals surface area contributed by atoms with E-state index < -0.39 is 5.97 Å². The third-order valence-corrected chi connectivity index (χ3v) is 4.82. The Balaban J connectivity index is 1.61. The fourth-order valence-corrected chi connectivity index (χ4v) is 3.40. The predicted octanol–water partition coefficient (Wildman–Crippen LogP) is 2.82. The molecule has 5 nitrogen and oxygen atoms in total. The van der Waals surface area contributed by atoms with Crippen LogP contribution in [0.5, 0.6) is 0 Å². The van der Waals surface area contributed by atoms with Gasteiger partial charge in [0, 0.05) is 26.3 Å². The summed E-state index contributed by atoms with van der Waals surface area (Å²) < 4.78 is 1.84. The van der Waals surface area contributed by atoms with Crippen LogP contribution in [0.15, 0.2) is 42.6 Å². The molecule has 1 fully saturated rings. The Bertz CT molecular complexity index is 743. The van der Waals surface area contributed by atoms with Gasteiger partial charge in [-0.05, 0) is 48.9 Å². The Morgan fingerprint density at radius 2 is 1.83 bits per heavy atom. The molecule has 0 unspecified atom stereocenters. The summed E-state index contributed by atoms with van der Waals surface area (Å²) in [7, 11) is 1.88.